The van der Waals surface area contributed by atoms with Gasteiger partial charge in [0.15, 0.2) is 11.6 Å². The molecule has 0 aliphatic rings. The van der Waals surface area contributed by atoms with E-state index in [1.165, 1.54) is 13.1 Å². The Kier molecular flexibility index (Phi) is 7.52. The van der Waals surface area contributed by atoms with Gasteiger partial charge in [-0.25, -0.2) is 4.98 Å². The number of carbonyl (C=O) groups is 2. The first-order valence-corrected chi connectivity index (χ1v) is 15.4. The number of rotatable bonds is 9. The third kappa shape index (κ3) is 5.96. The van der Waals surface area contributed by atoms with Gasteiger partial charge in [0.25, 0.3) is 0 Å². The molecule has 11 heteroatoms. The maximum atomic E-state index is 12.8. The SMILES string of the molecule is CC(=O)CC(=O)c1ccc(-c2n[nH]c3ccc(Nc4ncc(Cl)c(Nc5ccccc5P(C)(C)=O)n4)cc23)cc1. The number of anilines is 4. The minimum Gasteiger partial charge on any atom is -0.338 e. The molecule has 2 aromatic heterocycles. The Bertz CT molecular complexity index is 1800. The second kappa shape index (κ2) is 11.0. The van der Waals surface area contributed by atoms with E-state index in [1.807, 2.05) is 54.6 Å². The number of halogens is 1. The summed E-state index contributed by atoms with van der Waals surface area (Å²) in [6.07, 6.45) is 1.38. The molecule has 40 heavy (non-hydrogen) atoms. The summed E-state index contributed by atoms with van der Waals surface area (Å²) in [7, 11) is -2.54. The number of nitrogens with zero attached hydrogens (tertiary/aromatic N) is 3. The summed E-state index contributed by atoms with van der Waals surface area (Å²) < 4.78 is 12.8. The Balaban J connectivity index is 1.41. The molecule has 0 atom stereocenters. The van der Waals surface area contributed by atoms with Crippen LogP contribution in [0.4, 0.5) is 23.1 Å². The van der Waals surface area contributed by atoms with E-state index in [0.29, 0.717) is 39.0 Å². The number of aromatic nitrogens is 4. The van der Waals surface area contributed by atoms with Gasteiger partial charge in [-0.1, -0.05) is 48.0 Å². The second-order valence-corrected chi connectivity index (χ2v) is 13.3. The summed E-state index contributed by atoms with van der Waals surface area (Å²) in [6, 6.07) is 20.1. The summed E-state index contributed by atoms with van der Waals surface area (Å²) in [5, 5.41) is 15.8. The topological polar surface area (TPSA) is 130 Å². The average Bonchev–Trinajstić information content (AvgIpc) is 3.33. The first-order chi connectivity index (χ1) is 19.1. The molecule has 0 spiro atoms. The number of nitrogens with one attached hydrogen (secondary N) is 3. The lowest BCUT2D eigenvalue weighted by molar-refractivity contribution is -0.116. The number of H-pyrrole nitrogens is 1. The highest BCUT2D eigenvalue weighted by molar-refractivity contribution is 7.70. The lowest BCUT2D eigenvalue weighted by Crippen LogP contribution is -2.10. The maximum Gasteiger partial charge on any atom is 0.229 e. The van der Waals surface area contributed by atoms with Crippen molar-refractivity contribution in [2.45, 2.75) is 13.3 Å². The molecule has 0 aliphatic heterocycles. The molecule has 5 rings (SSSR count). The van der Waals surface area contributed by atoms with Gasteiger partial charge in [-0.3, -0.25) is 14.7 Å². The molecular weight excluding hydrogens is 547 g/mol. The molecule has 9 nitrogen and oxygen atoms in total. The van der Waals surface area contributed by atoms with Gasteiger partial charge in [-0.2, -0.15) is 10.1 Å². The summed E-state index contributed by atoms with van der Waals surface area (Å²) in [5.41, 5.74) is 4.23. The highest BCUT2D eigenvalue weighted by atomic mass is 35.5. The van der Waals surface area contributed by atoms with Crippen molar-refractivity contribution < 1.29 is 14.2 Å². The zero-order valence-corrected chi connectivity index (χ0v) is 23.7. The van der Waals surface area contributed by atoms with Crippen LogP contribution in [-0.4, -0.2) is 45.1 Å². The third-order valence-electron chi connectivity index (χ3n) is 6.19. The van der Waals surface area contributed by atoms with Crippen molar-refractivity contribution in [3.63, 3.8) is 0 Å². The Morgan fingerprint density at radius 3 is 2.48 bits per heavy atom. The fourth-order valence-electron chi connectivity index (χ4n) is 4.27. The Labute approximate surface area is 235 Å². The molecule has 0 saturated heterocycles. The monoisotopic (exact) mass is 572 g/mol. The summed E-state index contributed by atoms with van der Waals surface area (Å²) in [4.78, 5) is 32.4. The quantitative estimate of drug-likeness (QED) is 0.103. The van der Waals surface area contributed by atoms with Crippen molar-refractivity contribution in [3.05, 3.63) is 83.5 Å². The third-order valence-corrected chi connectivity index (χ3v) is 8.02. The van der Waals surface area contributed by atoms with Gasteiger partial charge < -0.3 is 15.2 Å². The lowest BCUT2D eigenvalue weighted by Gasteiger charge is -2.15. The van der Waals surface area contributed by atoms with Crippen LogP contribution in [0.5, 0.6) is 0 Å². The molecule has 0 aliphatic carbocycles. The van der Waals surface area contributed by atoms with Crippen molar-refractivity contribution in [3.8, 4) is 11.3 Å². The molecule has 3 N–H and O–H groups in total. The number of ketones is 2. The molecule has 0 bridgehead atoms. The predicted octanol–water partition coefficient (Wildman–Crippen LogP) is 6.57. The van der Waals surface area contributed by atoms with Gasteiger partial charge in [0.05, 0.1) is 29.5 Å². The van der Waals surface area contributed by atoms with Crippen molar-refractivity contribution in [1.29, 1.82) is 0 Å². The Morgan fingerprint density at radius 1 is 1.00 bits per heavy atom. The number of carbonyl (C=O) groups excluding carboxylic acids is 2. The molecule has 3 aromatic carbocycles. The molecule has 2 heterocycles. The number of para-hydroxylation sites is 1. The van der Waals surface area contributed by atoms with E-state index in [-0.39, 0.29) is 18.0 Å². The van der Waals surface area contributed by atoms with Crippen molar-refractivity contribution >= 4 is 69.7 Å². The van der Waals surface area contributed by atoms with Crippen LogP contribution in [0.3, 0.4) is 0 Å². The molecule has 0 saturated carbocycles. The molecule has 0 unspecified atom stereocenters. The first-order valence-electron chi connectivity index (χ1n) is 12.4. The minimum absolute atomic E-state index is 0.117. The van der Waals surface area contributed by atoms with E-state index in [9.17, 15) is 14.2 Å². The largest absolute Gasteiger partial charge is 0.338 e. The van der Waals surface area contributed by atoms with Crippen LogP contribution in [0.1, 0.15) is 23.7 Å². The van der Waals surface area contributed by atoms with Crippen molar-refractivity contribution in [1.82, 2.24) is 20.2 Å². The summed E-state index contributed by atoms with van der Waals surface area (Å²) in [6.45, 7) is 4.83. The number of hydrogen-bond donors (Lipinski definition) is 3. The van der Waals surface area contributed by atoms with E-state index in [2.05, 4.69) is 30.8 Å². The first kappa shape index (κ1) is 27.2. The highest BCUT2D eigenvalue weighted by Crippen LogP contribution is 2.38. The van der Waals surface area contributed by atoms with Crippen LogP contribution >= 0.6 is 18.7 Å². The minimum atomic E-state index is -2.54. The van der Waals surface area contributed by atoms with Gasteiger partial charge in [0, 0.05) is 27.5 Å². The van der Waals surface area contributed by atoms with Crippen LogP contribution in [0.15, 0.2) is 72.9 Å². The zero-order valence-electron chi connectivity index (χ0n) is 22.0. The molecular formula is C29H26ClN6O3P. The van der Waals surface area contributed by atoms with E-state index in [1.54, 1.807) is 25.5 Å². The van der Waals surface area contributed by atoms with Crippen LogP contribution in [-0.2, 0) is 9.36 Å². The van der Waals surface area contributed by atoms with Gasteiger partial charge in [-0.05, 0) is 50.6 Å². The standard InChI is InChI=1S/C29H26ClN6O3P/c1-17(37)14-25(38)18-8-10-19(11-9-18)27-21-15-20(12-13-23(21)35-36-27)32-29-31-16-22(30)28(34-29)33-24-6-4-5-7-26(24)40(2,3)39/h4-13,15-16H,14H2,1-3H3,(H,35,36)(H2,31,32,33,34). The van der Waals surface area contributed by atoms with Crippen LogP contribution < -0.4 is 15.9 Å². The van der Waals surface area contributed by atoms with Crippen LogP contribution in [0.2, 0.25) is 5.02 Å². The number of fused-ring (bicyclic) bond motifs is 1. The smallest absolute Gasteiger partial charge is 0.229 e. The van der Waals surface area contributed by atoms with Gasteiger partial charge >= 0.3 is 0 Å². The Morgan fingerprint density at radius 2 is 1.75 bits per heavy atom. The fourth-order valence-corrected chi connectivity index (χ4v) is 5.57. The van der Waals surface area contributed by atoms with E-state index < -0.39 is 7.14 Å². The molecule has 0 amide bonds. The molecule has 0 fully saturated rings. The molecule has 5 aromatic rings. The maximum absolute atomic E-state index is 12.8. The predicted molar refractivity (Wildman–Crippen MR) is 160 cm³/mol. The molecule has 0 radical (unpaired) electrons. The normalized spacial score (nSPS) is 11.4. The van der Waals surface area contributed by atoms with Crippen LogP contribution in [0, 0.1) is 0 Å². The van der Waals surface area contributed by atoms with Gasteiger partial charge in [0.2, 0.25) is 5.95 Å². The zero-order chi connectivity index (χ0) is 28.4. The lowest BCUT2D eigenvalue weighted by atomic mass is 10.0. The summed E-state index contributed by atoms with van der Waals surface area (Å²) in [5.74, 6) is 0.316. The van der Waals surface area contributed by atoms with E-state index >= 15 is 0 Å². The van der Waals surface area contributed by atoms with Gasteiger partial charge in [-0.15, -0.1) is 0 Å². The number of aromatic amines is 1. The van der Waals surface area contributed by atoms with Crippen LogP contribution in [0.25, 0.3) is 22.2 Å². The summed E-state index contributed by atoms with van der Waals surface area (Å²) >= 11 is 6.39. The van der Waals surface area contributed by atoms with Crippen molar-refractivity contribution in [2.75, 3.05) is 24.0 Å². The van der Waals surface area contributed by atoms with Crippen molar-refractivity contribution in [2.24, 2.45) is 0 Å². The number of benzene rings is 3. The Hall–Kier alpha value is -4.33. The highest BCUT2D eigenvalue weighted by Gasteiger charge is 2.17. The van der Waals surface area contributed by atoms with Gasteiger partial charge in [0.1, 0.15) is 17.9 Å². The molecule has 202 valence electrons. The average molecular weight is 573 g/mol. The van der Waals surface area contributed by atoms with E-state index in [0.717, 1.165) is 22.2 Å². The second-order valence-electron chi connectivity index (χ2n) is 9.72. The number of Topliss-reactive ketones (excluding diaryl/α,β-unsaturated/α-hetero) is 2. The van der Waals surface area contributed by atoms with E-state index in [4.69, 9.17) is 11.6 Å². The number of hydrogen-bond acceptors (Lipinski definition) is 8. The fraction of sp³-hybridized carbons (Fsp3) is 0.138.